The Labute approximate surface area is 85.0 Å². The van der Waals surface area contributed by atoms with E-state index in [-0.39, 0.29) is 6.61 Å². The van der Waals surface area contributed by atoms with Crippen molar-refractivity contribution in [2.75, 3.05) is 12.3 Å². The van der Waals surface area contributed by atoms with Gasteiger partial charge in [0.15, 0.2) is 0 Å². The molecule has 3 nitrogen and oxygen atoms in total. The molecular weight excluding hydrogens is 176 g/mol. The van der Waals surface area contributed by atoms with Crippen molar-refractivity contribution in [3.8, 4) is 0 Å². The Hall–Kier alpha value is -1.09. The number of nitrogens with zero attached hydrogens (tertiary/aromatic N) is 1. The van der Waals surface area contributed by atoms with Crippen molar-refractivity contribution in [3.05, 3.63) is 23.5 Å². The summed E-state index contributed by atoms with van der Waals surface area (Å²) in [6.45, 7) is 2.32. The molecule has 0 saturated carbocycles. The molecule has 0 saturated heterocycles. The second-order valence-corrected chi connectivity index (χ2v) is 3.56. The van der Waals surface area contributed by atoms with E-state index in [4.69, 9.17) is 10.8 Å². The Kier molecular flexibility index (Phi) is 4.40. The summed E-state index contributed by atoms with van der Waals surface area (Å²) < 4.78 is 0. The second-order valence-electron chi connectivity index (χ2n) is 3.56. The summed E-state index contributed by atoms with van der Waals surface area (Å²) >= 11 is 0. The molecular formula is C11H18N2O. The number of aromatic nitrogens is 1. The van der Waals surface area contributed by atoms with Crippen molar-refractivity contribution in [1.29, 1.82) is 0 Å². The van der Waals surface area contributed by atoms with Crippen molar-refractivity contribution < 1.29 is 5.11 Å². The second kappa shape index (κ2) is 5.60. The fourth-order valence-electron chi connectivity index (χ4n) is 1.54. The van der Waals surface area contributed by atoms with Gasteiger partial charge in [0.05, 0.1) is 11.9 Å². The van der Waals surface area contributed by atoms with Crippen molar-refractivity contribution in [3.63, 3.8) is 0 Å². The average molecular weight is 194 g/mol. The lowest BCUT2D eigenvalue weighted by atomic mass is 10.0. The van der Waals surface area contributed by atoms with Gasteiger partial charge < -0.3 is 10.8 Å². The molecule has 0 aliphatic heterocycles. The van der Waals surface area contributed by atoms with Gasteiger partial charge in [-0.25, -0.2) is 0 Å². The van der Waals surface area contributed by atoms with Gasteiger partial charge in [-0.15, -0.1) is 0 Å². The molecule has 0 radical (unpaired) electrons. The molecule has 14 heavy (non-hydrogen) atoms. The zero-order valence-electron chi connectivity index (χ0n) is 8.66. The topological polar surface area (TPSA) is 59.1 Å². The number of hydrogen-bond acceptors (Lipinski definition) is 3. The third kappa shape index (κ3) is 3.00. The lowest BCUT2D eigenvalue weighted by Crippen LogP contribution is -1.99. The maximum Gasteiger partial charge on any atom is 0.0535 e. The Morgan fingerprint density at radius 2 is 2.07 bits per heavy atom. The van der Waals surface area contributed by atoms with Crippen LogP contribution in [0.5, 0.6) is 0 Å². The van der Waals surface area contributed by atoms with Gasteiger partial charge in [-0.05, 0) is 37.3 Å². The summed E-state index contributed by atoms with van der Waals surface area (Å²) in [7, 11) is 0. The first-order valence-electron chi connectivity index (χ1n) is 5.05. The highest BCUT2D eigenvalue weighted by atomic mass is 16.2. The van der Waals surface area contributed by atoms with Gasteiger partial charge in [0.25, 0.3) is 0 Å². The number of pyridine rings is 1. The Morgan fingerprint density at radius 1 is 1.29 bits per heavy atom. The summed E-state index contributed by atoms with van der Waals surface area (Å²) in [5, 5.41) is 8.64. The monoisotopic (exact) mass is 194 g/mol. The summed E-state index contributed by atoms with van der Waals surface area (Å²) in [6.07, 6.45) is 7.55. The zero-order valence-corrected chi connectivity index (χ0v) is 8.66. The van der Waals surface area contributed by atoms with Crippen LogP contribution < -0.4 is 5.73 Å². The van der Waals surface area contributed by atoms with Gasteiger partial charge >= 0.3 is 0 Å². The number of rotatable bonds is 5. The Bertz CT molecular complexity index is 266. The molecule has 1 aromatic rings. The molecule has 0 aliphatic rings. The molecule has 0 aliphatic carbocycles. The van der Waals surface area contributed by atoms with Crippen LogP contribution in [0.4, 0.5) is 5.69 Å². The van der Waals surface area contributed by atoms with E-state index in [2.05, 4.69) is 4.98 Å². The number of nitrogens with two attached hydrogens (primary N) is 1. The minimum atomic E-state index is 0.283. The molecule has 0 unspecified atom stereocenters. The largest absolute Gasteiger partial charge is 0.397 e. The molecule has 78 valence electrons. The zero-order chi connectivity index (χ0) is 10.4. The molecule has 1 rings (SSSR count). The predicted octanol–water partition coefficient (Wildman–Crippen LogP) is 1.68. The summed E-state index contributed by atoms with van der Waals surface area (Å²) in [5.74, 6) is 0. The molecule has 0 atom stereocenters. The Morgan fingerprint density at radius 3 is 2.71 bits per heavy atom. The minimum absolute atomic E-state index is 0.283. The van der Waals surface area contributed by atoms with E-state index in [1.165, 1.54) is 5.56 Å². The predicted molar refractivity (Wildman–Crippen MR) is 58.0 cm³/mol. The highest BCUT2D eigenvalue weighted by Crippen LogP contribution is 2.17. The van der Waals surface area contributed by atoms with Crippen LogP contribution in [0.3, 0.4) is 0 Å². The molecule has 0 amide bonds. The molecule has 1 aromatic heterocycles. The fourth-order valence-corrected chi connectivity index (χ4v) is 1.54. The van der Waals surface area contributed by atoms with Gasteiger partial charge in [-0.3, -0.25) is 4.98 Å². The molecule has 0 bridgehead atoms. The van der Waals surface area contributed by atoms with E-state index in [9.17, 15) is 0 Å². The number of nitrogen functional groups attached to an aromatic ring is 1. The molecule has 3 N–H and O–H groups in total. The number of hydrogen-bond donors (Lipinski definition) is 2. The van der Waals surface area contributed by atoms with E-state index in [1.807, 2.05) is 13.1 Å². The maximum absolute atomic E-state index is 8.64. The summed E-state index contributed by atoms with van der Waals surface area (Å²) in [4.78, 5) is 4.02. The standard InChI is InChI=1S/C11H18N2O/c1-9-7-13-8-11(12)10(9)5-3-2-4-6-14/h7-8,14H,2-6,12H2,1H3. The van der Waals surface area contributed by atoms with Crippen molar-refractivity contribution in [1.82, 2.24) is 4.98 Å². The number of aliphatic hydroxyl groups excluding tert-OH is 1. The van der Waals surface area contributed by atoms with Gasteiger partial charge in [-0.1, -0.05) is 6.42 Å². The minimum Gasteiger partial charge on any atom is -0.397 e. The van der Waals surface area contributed by atoms with Crippen LogP contribution in [0.25, 0.3) is 0 Å². The highest BCUT2D eigenvalue weighted by molar-refractivity contribution is 5.47. The molecule has 3 heteroatoms. The van der Waals surface area contributed by atoms with Crippen LogP contribution in [-0.4, -0.2) is 16.7 Å². The van der Waals surface area contributed by atoms with Crippen LogP contribution in [0.1, 0.15) is 30.4 Å². The lowest BCUT2D eigenvalue weighted by Gasteiger charge is -2.07. The van der Waals surface area contributed by atoms with Gasteiger partial charge in [0.2, 0.25) is 0 Å². The van der Waals surface area contributed by atoms with Gasteiger partial charge in [-0.2, -0.15) is 0 Å². The van der Waals surface area contributed by atoms with E-state index in [0.717, 1.165) is 36.9 Å². The van der Waals surface area contributed by atoms with Gasteiger partial charge in [0, 0.05) is 12.8 Å². The van der Waals surface area contributed by atoms with E-state index < -0.39 is 0 Å². The first-order valence-corrected chi connectivity index (χ1v) is 5.05. The Balaban J connectivity index is 2.49. The third-order valence-corrected chi connectivity index (χ3v) is 2.39. The molecule has 0 spiro atoms. The maximum atomic E-state index is 8.64. The summed E-state index contributed by atoms with van der Waals surface area (Å²) in [6, 6.07) is 0. The van der Waals surface area contributed by atoms with Crippen LogP contribution in [0.15, 0.2) is 12.4 Å². The first kappa shape index (κ1) is 11.0. The number of unbranched alkanes of at least 4 members (excludes halogenated alkanes) is 2. The highest BCUT2D eigenvalue weighted by Gasteiger charge is 2.02. The number of aliphatic hydroxyl groups is 1. The van der Waals surface area contributed by atoms with Gasteiger partial charge in [0.1, 0.15) is 0 Å². The third-order valence-electron chi connectivity index (χ3n) is 2.39. The summed E-state index contributed by atoms with van der Waals surface area (Å²) in [5.41, 5.74) is 8.98. The van der Waals surface area contributed by atoms with Crippen molar-refractivity contribution in [2.24, 2.45) is 0 Å². The van der Waals surface area contributed by atoms with Crippen LogP contribution in [0.2, 0.25) is 0 Å². The lowest BCUT2D eigenvalue weighted by molar-refractivity contribution is 0.283. The SMILES string of the molecule is Cc1cncc(N)c1CCCCCO. The molecule has 1 heterocycles. The van der Waals surface area contributed by atoms with Crippen molar-refractivity contribution >= 4 is 5.69 Å². The number of anilines is 1. The van der Waals surface area contributed by atoms with Crippen molar-refractivity contribution in [2.45, 2.75) is 32.6 Å². The first-order chi connectivity index (χ1) is 6.75. The fraction of sp³-hybridized carbons (Fsp3) is 0.545. The smallest absolute Gasteiger partial charge is 0.0535 e. The van der Waals surface area contributed by atoms with E-state index >= 15 is 0 Å². The van der Waals surface area contributed by atoms with Crippen LogP contribution >= 0.6 is 0 Å². The van der Waals surface area contributed by atoms with Crippen LogP contribution in [-0.2, 0) is 6.42 Å². The normalized spacial score (nSPS) is 10.4. The molecule has 0 fully saturated rings. The van der Waals surface area contributed by atoms with E-state index in [1.54, 1.807) is 6.20 Å². The quantitative estimate of drug-likeness (QED) is 0.701. The molecule has 0 aromatic carbocycles. The number of aryl methyl sites for hydroxylation is 1. The van der Waals surface area contributed by atoms with Crippen LogP contribution in [0, 0.1) is 6.92 Å². The average Bonchev–Trinajstić information content (AvgIpc) is 2.16. The van der Waals surface area contributed by atoms with E-state index in [0.29, 0.717) is 0 Å².